The number of aliphatic hydroxyl groups is 1. The van der Waals surface area contributed by atoms with Crippen molar-refractivity contribution >= 4 is 45.0 Å². The van der Waals surface area contributed by atoms with E-state index >= 15 is 0 Å². The highest BCUT2D eigenvalue weighted by Crippen LogP contribution is 2.29. The van der Waals surface area contributed by atoms with Gasteiger partial charge in [0.25, 0.3) is 0 Å². The summed E-state index contributed by atoms with van der Waals surface area (Å²) in [5.41, 5.74) is 0.0943. The third-order valence-electron chi connectivity index (χ3n) is 4.57. The Bertz CT molecular complexity index is 1230. The Morgan fingerprint density at radius 1 is 1.34 bits per heavy atom. The number of carbonyl (C=O) groups excluding carboxylic acids is 1. The lowest BCUT2D eigenvalue weighted by molar-refractivity contribution is -0.123. The molecule has 168 valence electrons. The summed E-state index contributed by atoms with van der Waals surface area (Å²) in [5, 5.41) is 16.8. The van der Waals surface area contributed by atoms with E-state index in [0.29, 0.717) is 20.9 Å². The second kappa shape index (κ2) is 10.4. The van der Waals surface area contributed by atoms with E-state index in [1.165, 1.54) is 28.8 Å². The third-order valence-corrected chi connectivity index (χ3v) is 5.76. The molecule has 0 radical (unpaired) electrons. The van der Waals surface area contributed by atoms with Crippen LogP contribution in [0, 0.1) is 5.82 Å². The summed E-state index contributed by atoms with van der Waals surface area (Å²) >= 11 is 15.2. The summed E-state index contributed by atoms with van der Waals surface area (Å²) in [6.07, 6.45) is 1.53. The largest absolute Gasteiger partial charge is 0.394 e. The minimum Gasteiger partial charge on any atom is -0.394 e. The molecule has 0 saturated carbocycles. The number of nitrogens with zero attached hydrogens (tertiary/aromatic N) is 3. The molecule has 1 amide bonds. The zero-order valence-electron chi connectivity index (χ0n) is 16.6. The Hall–Kier alpha value is -2.46. The van der Waals surface area contributed by atoms with Gasteiger partial charge in [-0.2, -0.15) is 0 Å². The first-order valence-corrected chi connectivity index (χ1v) is 10.9. The molecular formula is C21H18BrCl2FN4O3. The number of aliphatic hydroxyl groups excluding tert-OH is 1. The number of benzene rings is 2. The molecule has 0 spiro atoms. The fourth-order valence-corrected chi connectivity index (χ4v) is 4.14. The van der Waals surface area contributed by atoms with Crippen molar-refractivity contribution < 1.29 is 14.3 Å². The zero-order valence-corrected chi connectivity index (χ0v) is 19.7. The van der Waals surface area contributed by atoms with E-state index in [9.17, 15) is 19.1 Å². The first-order valence-electron chi connectivity index (χ1n) is 9.34. The van der Waals surface area contributed by atoms with Gasteiger partial charge in [-0.25, -0.2) is 13.9 Å². The predicted molar refractivity (Wildman–Crippen MR) is 124 cm³/mol. The van der Waals surface area contributed by atoms with Crippen LogP contribution >= 0.6 is 39.1 Å². The Kier molecular flexibility index (Phi) is 7.89. The van der Waals surface area contributed by atoms with Crippen molar-refractivity contribution in [2.75, 3.05) is 6.61 Å². The van der Waals surface area contributed by atoms with Crippen LogP contribution in [0.3, 0.4) is 0 Å². The standard InChI is InChI=1S/C21H18BrCl2FN4O3/c1-2-8-28-20(13-7-6-12(23)9-15(13)22)27-29(21(28)32)10-18(31)26-17(11-30)14-4-3-5-16(24)19(14)25/h2-7,9,17,30H,1,8,10-11H2,(H,26,31). The highest BCUT2D eigenvalue weighted by molar-refractivity contribution is 9.10. The van der Waals surface area contributed by atoms with Crippen LogP contribution in [0.4, 0.5) is 4.39 Å². The van der Waals surface area contributed by atoms with Gasteiger partial charge >= 0.3 is 5.69 Å². The number of aromatic nitrogens is 3. The molecule has 1 atom stereocenters. The quantitative estimate of drug-likeness (QED) is 0.421. The second-order valence-corrected chi connectivity index (χ2v) is 8.43. The minimum absolute atomic E-state index is 0.0312. The maximum absolute atomic E-state index is 14.3. The van der Waals surface area contributed by atoms with Crippen LogP contribution in [0.1, 0.15) is 11.6 Å². The number of amides is 1. The predicted octanol–water partition coefficient (Wildman–Crippen LogP) is 3.96. The number of hydrogen-bond donors (Lipinski definition) is 2. The Morgan fingerprint density at radius 2 is 2.09 bits per heavy atom. The van der Waals surface area contributed by atoms with Crippen molar-refractivity contribution in [3.05, 3.63) is 85.4 Å². The average molecular weight is 544 g/mol. The molecule has 0 aliphatic carbocycles. The number of allylic oxidation sites excluding steroid dienone is 1. The first-order chi connectivity index (χ1) is 15.3. The van der Waals surface area contributed by atoms with E-state index in [1.807, 2.05) is 0 Å². The highest BCUT2D eigenvalue weighted by Gasteiger charge is 2.22. The molecule has 0 saturated heterocycles. The molecular weight excluding hydrogens is 526 g/mol. The maximum atomic E-state index is 14.3. The number of hydrogen-bond acceptors (Lipinski definition) is 4. The third kappa shape index (κ3) is 5.12. The Morgan fingerprint density at radius 3 is 2.75 bits per heavy atom. The summed E-state index contributed by atoms with van der Waals surface area (Å²) in [7, 11) is 0. The topological polar surface area (TPSA) is 89.2 Å². The van der Waals surface area contributed by atoms with Crippen molar-refractivity contribution in [3.8, 4) is 11.4 Å². The normalized spacial score (nSPS) is 11.9. The van der Waals surface area contributed by atoms with Crippen LogP contribution in [0.2, 0.25) is 10.0 Å². The molecule has 2 aromatic carbocycles. The van der Waals surface area contributed by atoms with Gasteiger partial charge in [-0.3, -0.25) is 9.36 Å². The number of rotatable bonds is 8. The van der Waals surface area contributed by atoms with Crippen molar-refractivity contribution in [1.29, 1.82) is 0 Å². The van der Waals surface area contributed by atoms with E-state index in [-0.39, 0.29) is 17.1 Å². The SMILES string of the molecule is C=CCn1c(-c2ccc(Cl)cc2Br)nn(CC(=O)NC(CO)c2cccc(Cl)c2F)c1=O. The van der Waals surface area contributed by atoms with E-state index in [2.05, 4.69) is 32.9 Å². The molecule has 0 aliphatic heterocycles. The monoisotopic (exact) mass is 542 g/mol. The molecule has 0 bridgehead atoms. The lowest BCUT2D eigenvalue weighted by Crippen LogP contribution is -2.37. The van der Waals surface area contributed by atoms with Crippen molar-refractivity contribution in [1.82, 2.24) is 19.7 Å². The molecule has 0 fully saturated rings. The average Bonchev–Trinajstić information content (AvgIpc) is 3.04. The van der Waals surface area contributed by atoms with Crippen molar-refractivity contribution in [2.45, 2.75) is 19.1 Å². The maximum Gasteiger partial charge on any atom is 0.346 e. The smallest absolute Gasteiger partial charge is 0.346 e. The number of halogens is 4. The van der Waals surface area contributed by atoms with Crippen LogP contribution in [-0.2, 0) is 17.9 Å². The van der Waals surface area contributed by atoms with Gasteiger partial charge in [0.15, 0.2) is 5.82 Å². The highest BCUT2D eigenvalue weighted by atomic mass is 79.9. The van der Waals surface area contributed by atoms with E-state index in [1.54, 1.807) is 18.2 Å². The molecule has 3 aromatic rings. The van der Waals surface area contributed by atoms with Crippen LogP contribution < -0.4 is 11.0 Å². The van der Waals surface area contributed by atoms with Crippen LogP contribution in [0.15, 0.2) is 58.3 Å². The fourth-order valence-electron chi connectivity index (χ4n) is 3.10. The fraction of sp³-hybridized carbons (Fsp3) is 0.190. The summed E-state index contributed by atoms with van der Waals surface area (Å²) < 4.78 is 17.2. The minimum atomic E-state index is -1.04. The van der Waals surface area contributed by atoms with Gasteiger partial charge in [-0.1, -0.05) is 41.4 Å². The molecule has 0 aliphatic rings. The molecule has 1 unspecified atom stereocenters. The Balaban J connectivity index is 1.90. The number of carbonyl (C=O) groups is 1. The number of nitrogens with one attached hydrogen (secondary N) is 1. The lowest BCUT2D eigenvalue weighted by Gasteiger charge is -2.17. The summed E-state index contributed by atoms with van der Waals surface area (Å²) in [6.45, 7) is 2.81. The molecule has 1 heterocycles. The van der Waals surface area contributed by atoms with Gasteiger partial charge in [-0.15, -0.1) is 11.7 Å². The summed E-state index contributed by atoms with van der Waals surface area (Å²) in [6, 6.07) is 8.24. The summed E-state index contributed by atoms with van der Waals surface area (Å²) in [5.74, 6) is -1.07. The first kappa shape index (κ1) is 24.2. The van der Waals surface area contributed by atoms with Gasteiger partial charge in [-0.05, 0) is 40.2 Å². The van der Waals surface area contributed by atoms with E-state index < -0.39 is 36.6 Å². The molecule has 11 heteroatoms. The molecule has 3 rings (SSSR count). The Labute approximate surface area is 201 Å². The zero-order chi connectivity index (χ0) is 23.4. The van der Waals surface area contributed by atoms with Crippen molar-refractivity contribution in [3.63, 3.8) is 0 Å². The van der Waals surface area contributed by atoms with Crippen molar-refractivity contribution in [2.24, 2.45) is 0 Å². The summed E-state index contributed by atoms with van der Waals surface area (Å²) in [4.78, 5) is 25.5. The van der Waals surface area contributed by atoms with Gasteiger partial charge in [0.2, 0.25) is 5.91 Å². The van der Waals surface area contributed by atoms with Crippen LogP contribution in [0.25, 0.3) is 11.4 Å². The second-order valence-electron chi connectivity index (χ2n) is 6.73. The molecule has 7 nitrogen and oxygen atoms in total. The molecule has 32 heavy (non-hydrogen) atoms. The van der Waals surface area contributed by atoms with Crippen LogP contribution in [0.5, 0.6) is 0 Å². The van der Waals surface area contributed by atoms with Gasteiger partial charge in [0.05, 0.1) is 17.7 Å². The van der Waals surface area contributed by atoms with E-state index in [4.69, 9.17) is 23.2 Å². The van der Waals surface area contributed by atoms with Crippen LogP contribution in [-0.4, -0.2) is 32.0 Å². The van der Waals surface area contributed by atoms with Gasteiger partial charge < -0.3 is 10.4 Å². The lowest BCUT2D eigenvalue weighted by atomic mass is 10.1. The molecule has 2 N–H and O–H groups in total. The van der Waals surface area contributed by atoms with Gasteiger partial charge in [0, 0.05) is 27.2 Å². The van der Waals surface area contributed by atoms with E-state index in [0.717, 1.165) is 4.68 Å². The molecule has 1 aromatic heterocycles. The van der Waals surface area contributed by atoms with Gasteiger partial charge in [0.1, 0.15) is 12.4 Å².